The Bertz CT molecular complexity index is 671. The first-order chi connectivity index (χ1) is 12.0. The van der Waals surface area contributed by atoms with Crippen molar-refractivity contribution in [3.05, 3.63) is 35.4 Å². The molecule has 1 aromatic carbocycles. The van der Waals surface area contributed by atoms with Crippen LogP contribution >= 0.6 is 0 Å². The van der Waals surface area contributed by atoms with Crippen molar-refractivity contribution in [2.75, 3.05) is 13.1 Å². The fourth-order valence-corrected chi connectivity index (χ4v) is 3.67. The van der Waals surface area contributed by atoms with E-state index < -0.39 is 17.9 Å². The Kier molecular flexibility index (Phi) is 5.06. The van der Waals surface area contributed by atoms with Crippen LogP contribution in [-0.2, 0) is 20.9 Å². The molecule has 2 unspecified atom stereocenters. The third kappa shape index (κ3) is 3.83. The van der Waals surface area contributed by atoms with E-state index in [1.807, 2.05) is 31.2 Å². The molecule has 2 aliphatic heterocycles. The van der Waals surface area contributed by atoms with Gasteiger partial charge in [-0.2, -0.15) is 0 Å². The summed E-state index contributed by atoms with van der Waals surface area (Å²) in [6, 6.07) is 7.47. The lowest BCUT2D eigenvalue weighted by Gasteiger charge is -2.35. The number of carboxylic acids is 1. The maximum absolute atomic E-state index is 12.9. The molecular weight excluding hydrogens is 320 g/mol. The second kappa shape index (κ2) is 7.25. The SMILES string of the molecule is Cc1ccc(CN2C(=O)CCC2C(=O)N2CCCC(C(=O)O)C2)cc1. The maximum atomic E-state index is 12.9. The molecule has 0 radical (unpaired) electrons. The second-order valence-electron chi connectivity index (χ2n) is 7.02. The quantitative estimate of drug-likeness (QED) is 0.904. The minimum Gasteiger partial charge on any atom is -0.481 e. The van der Waals surface area contributed by atoms with Gasteiger partial charge < -0.3 is 14.9 Å². The topological polar surface area (TPSA) is 77.9 Å². The Morgan fingerprint density at radius 1 is 1.20 bits per heavy atom. The molecule has 0 spiro atoms. The summed E-state index contributed by atoms with van der Waals surface area (Å²) in [6.45, 7) is 3.25. The van der Waals surface area contributed by atoms with E-state index in [2.05, 4.69) is 0 Å². The highest BCUT2D eigenvalue weighted by molar-refractivity contribution is 5.91. The van der Waals surface area contributed by atoms with Gasteiger partial charge in [0.1, 0.15) is 6.04 Å². The zero-order valence-electron chi connectivity index (χ0n) is 14.5. The zero-order valence-corrected chi connectivity index (χ0v) is 14.5. The highest BCUT2D eigenvalue weighted by Gasteiger charge is 2.39. The molecule has 3 rings (SSSR count). The Balaban J connectivity index is 1.71. The van der Waals surface area contributed by atoms with Crippen molar-refractivity contribution < 1.29 is 19.5 Å². The molecular formula is C19H24N2O4. The van der Waals surface area contributed by atoms with Gasteiger partial charge in [0.05, 0.1) is 5.92 Å². The fourth-order valence-electron chi connectivity index (χ4n) is 3.67. The Morgan fingerprint density at radius 3 is 2.60 bits per heavy atom. The molecule has 2 fully saturated rings. The van der Waals surface area contributed by atoms with Gasteiger partial charge in [0.2, 0.25) is 11.8 Å². The first-order valence-electron chi connectivity index (χ1n) is 8.82. The molecule has 25 heavy (non-hydrogen) atoms. The highest BCUT2D eigenvalue weighted by Crippen LogP contribution is 2.26. The largest absolute Gasteiger partial charge is 0.481 e. The van der Waals surface area contributed by atoms with Gasteiger partial charge in [-0.1, -0.05) is 29.8 Å². The number of carbonyl (C=O) groups excluding carboxylic acids is 2. The fraction of sp³-hybridized carbons (Fsp3) is 0.526. The third-order valence-corrected chi connectivity index (χ3v) is 5.17. The molecule has 2 atom stereocenters. The van der Waals surface area contributed by atoms with Gasteiger partial charge in [0.15, 0.2) is 0 Å². The summed E-state index contributed by atoms with van der Waals surface area (Å²) in [5.74, 6) is -1.47. The molecule has 6 nitrogen and oxygen atoms in total. The number of carboxylic acid groups (broad SMARTS) is 1. The zero-order chi connectivity index (χ0) is 18.0. The van der Waals surface area contributed by atoms with E-state index in [0.717, 1.165) is 11.1 Å². The number of aryl methyl sites for hydroxylation is 1. The molecule has 0 saturated carbocycles. The van der Waals surface area contributed by atoms with E-state index >= 15 is 0 Å². The number of carbonyl (C=O) groups is 3. The molecule has 0 aliphatic carbocycles. The number of likely N-dealkylation sites (tertiary alicyclic amines) is 2. The van der Waals surface area contributed by atoms with Crippen LogP contribution in [0.4, 0.5) is 0 Å². The molecule has 0 bridgehead atoms. The van der Waals surface area contributed by atoms with Gasteiger partial charge in [0, 0.05) is 26.1 Å². The molecule has 134 valence electrons. The summed E-state index contributed by atoms with van der Waals surface area (Å²) in [5, 5.41) is 9.21. The van der Waals surface area contributed by atoms with Crippen molar-refractivity contribution >= 4 is 17.8 Å². The summed E-state index contributed by atoms with van der Waals surface area (Å²) in [7, 11) is 0. The monoisotopic (exact) mass is 344 g/mol. The number of rotatable bonds is 4. The first-order valence-corrected chi connectivity index (χ1v) is 8.82. The van der Waals surface area contributed by atoms with Crippen molar-refractivity contribution in [1.82, 2.24) is 9.80 Å². The van der Waals surface area contributed by atoms with Gasteiger partial charge in [0.25, 0.3) is 0 Å². The number of piperidine rings is 1. The van der Waals surface area contributed by atoms with Crippen molar-refractivity contribution in [3.63, 3.8) is 0 Å². The van der Waals surface area contributed by atoms with Crippen molar-refractivity contribution in [3.8, 4) is 0 Å². The van der Waals surface area contributed by atoms with Crippen LogP contribution in [-0.4, -0.2) is 51.8 Å². The molecule has 2 saturated heterocycles. The normalized spacial score (nSPS) is 23.8. The van der Waals surface area contributed by atoms with Gasteiger partial charge in [-0.25, -0.2) is 0 Å². The minimum absolute atomic E-state index is 0.00859. The van der Waals surface area contributed by atoms with E-state index in [9.17, 15) is 19.5 Å². The van der Waals surface area contributed by atoms with E-state index in [4.69, 9.17) is 0 Å². The van der Waals surface area contributed by atoms with E-state index in [-0.39, 0.29) is 18.4 Å². The van der Waals surface area contributed by atoms with E-state index in [1.54, 1.807) is 9.80 Å². The predicted molar refractivity (Wildman–Crippen MR) is 91.7 cm³/mol. The third-order valence-electron chi connectivity index (χ3n) is 5.17. The highest BCUT2D eigenvalue weighted by atomic mass is 16.4. The lowest BCUT2D eigenvalue weighted by molar-refractivity contribution is -0.148. The lowest BCUT2D eigenvalue weighted by atomic mass is 9.97. The van der Waals surface area contributed by atoms with Crippen LogP contribution in [0.3, 0.4) is 0 Å². The number of aliphatic carboxylic acids is 1. The van der Waals surface area contributed by atoms with Crippen molar-refractivity contribution in [2.45, 2.75) is 45.2 Å². The average molecular weight is 344 g/mol. The molecule has 1 N–H and O–H groups in total. The standard InChI is InChI=1S/C19H24N2O4/c1-13-4-6-14(7-5-13)11-21-16(8-9-17(21)22)18(23)20-10-2-3-15(12-20)19(24)25/h4-7,15-16H,2-3,8-12H2,1H3,(H,24,25). The van der Waals surface area contributed by atoms with Gasteiger partial charge in [-0.15, -0.1) is 0 Å². The first kappa shape index (κ1) is 17.5. The minimum atomic E-state index is -0.850. The molecule has 6 heteroatoms. The van der Waals surface area contributed by atoms with Gasteiger partial charge >= 0.3 is 5.97 Å². The van der Waals surface area contributed by atoms with Gasteiger partial charge in [-0.3, -0.25) is 14.4 Å². The summed E-state index contributed by atoms with van der Waals surface area (Å²) in [6.07, 6.45) is 2.19. The number of benzene rings is 1. The number of amides is 2. The van der Waals surface area contributed by atoms with Crippen molar-refractivity contribution in [1.29, 1.82) is 0 Å². The summed E-state index contributed by atoms with van der Waals surface area (Å²) >= 11 is 0. The molecule has 2 amide bonds. The number of nitrogens with zero attached hydrogens (tertiary/aromatic N) is 2. The summed E-state index contributed by atoms with van der Waals surface area (Å²) in [5.41, 5.74) is 2.15. The van der Waals surface area contributed by atoms with Crippen LogP contribution in [0.25, 0.3) is 0 Å². The van der Waals surface area contributed by atoms with Crippen molar-refractivity contribution in [2.24, 2.45) is 5.92 Å². The molecule has 2 aliphatic rings. The van der Waals surface area contributed by atoms with Crippen LogP contribution in [0.5, 0.6) is 0 Å². The molecule has 2 heterocycles. The maximum Gasteiger partial charge on any atom is 0.308 e. The van der Waals surface area contributed by atoms with Crippen LogP contribution in [0.15, 0.2) is 24.3 Å². The summed E-state index contributed by atoms with van der Waals surface area (Å²) in [4.78, 5) is 39.7. The average Bonchev–Trinajstić information content (AvgIpc) is 2.97. The lowest BCUT2D eigenvalue weighted by Crippen LogP contribution is -2.50. The van der Waals surface area contributed by atoms with E-state index in [0.29, 0.717) is 38.8 Å². The number of hydrogen-bond acceptors (Lipinski definition) is 3. The van der Waals surface area contributed by atoms with Crippen LogP contribution in [0, 0.1) is 12.8 Å². The number of hydrogen-bond donors (Lipinski definition) is 1. The summed E-state index contributed by atoms with van der Waals surface area (Å²) < 4.78 is 0. The Hall–Kier alpha value is -2.37. The molecule has 0 aromatic heterocycles. The smallest absolute Gasteiger partial charge is 0.308 e. The molecule has 1 aromatic rings. The van der Waals surface area contributed by atoms with Crippen LogP contribution in [0.2, 0.25) is 0 Å². The Labute approximate surface area is 147 Å². The van der Waals surface area contributed by atoms with Crippen LogP contribution in [0.1, 0.15) is 36.8 Å². The predicted octanol–water partition coefficient (Wildman–Crippen LogP) is 1.81. The Morgan fingerprint density at radius 2 is 1.92 bits per heavy atom. The second-order valence-corrected chi connectivity index (χ2v) is 7.02. The van der Waals surface area contributed by atoms with Crippen LogP contribution < -0.4 is 0 Å². The van der Waals surface area contributed by atoms with Gasteiger partial charge in [-0.05, 0) is 31.7 Å². The van der Waals surface area contributed by atoms with E-state index in [1.165, 1.54) is 0 Å².